The van der Waals surface area contributed by atoms with Gasteiger partial charge >= 0.3 is 0 Å². The highest BCUT2D eigenvalue weighted by Gasteiger charge is 2.14. The van der Waals surface area contributed by atoms with E-state index in [1.165, 1.54) is 12.3 Å². The van der Waals surface area contributed by atoms with Crippen molar-refractivity contribution in [2.24, 2.45) is 0 Å². The number of aryl methyl sites for hydroxylation is 1. The molecule has 0 saturated carbocycles. The minimum absolute atomic E-state index is 0.136. The molecule has 0 aliphatic heterocycles. The summed E-state index contributed by atoms with van der Waals surface area (Å²) in [4.78, 5) is 17.3. The molecule has 0 radical (unpaired) electrons. The molecule has 130 valence electrons. The van der Waals surface area contributed by atoms with E-state index in [9.17, 15) is 4.39 Å². The Morgan fingerprint density at radius 3 is 2.81 bits per heavy atom. The molecular formula is C18H16FN7. The molecule has 1 atom stereocenters. The lowest BCUT2D eigenvalue weighted by atomic mass is 10.2. The van der Waals surface area contributed by atoms with Crippen LogP contribution >= 0.6 is 0 Å². The topological polar surface area (TPSA) is 80.9 Å². The first-order valence-electron chi connectivity index (χ1n) is 8.11. The van der Waals surface area contributed by atoms with Crippen LogP contribution in [0, 0.1) is 12.7 Å². The SMILES string of the molecule is Cc1cnc(-c2cnn3ccncc23)nc1N[C@H](C)c1ccc(F)cn1. The van der Waals surface area contributed by atoms with Crippen molar-refractivity contribution in [1.29, 1.82) is 0 Å². The van der Waals surface area contributed by atoms with Gasteiger partial charge in [0.2, 0.25) is 0 Å². The van der Waals surface area contributed by atoms with Crippen LogP contribution in [0.15, 0.2) is 49.3 Å². The van der Waals surface area contributed by atoms with Crippen molar-refractivity contribution in [2.45, 2.75) is 19.9 Å². The van der Waals surface area contributed by atoms with Crippen molar-refractivity contribution in [3.05, 3.63) is 66.4 Å². The van der Waals surface area contributed by atoms with Crippen molar-refractivity contribution >= 4 is 11.3 Å². The number of nitrogens with one attached hydrogen (secondary N) is 1. The standard InChI is InChI=1S/C18H16FN7/c1-11-7-22-18(14-9-23-26-6-5-20-10-16(14)26)25-17(11)24-12(2)15-4-3-13(19)8-21-15/h3-10,12H,1-2H3,(H,22,24,25)/t12-/m1/s1. The van der Waals surface area contributed by atoms with Crippen LogP contribution in [0.4, 0.5) is 10.2 Å². The van der Waals surface area contributed by atoms with Crippen molar-refractivity contribution in [3.63, 3.8) is 0 Å². The smallest absolute Gasteiger partial charge is 0.165 e. The van der Waals surface area contributed by atoms with Crippen LogP contribution in [0.1, 0.15) is 24.2 Å². The highest BCUT2D eigenvalue weighted by atomic mass is 19.1. The van der Waals surface area contributed by atoms with Gasteiger partial charge in [-0.2, -0.15) is 5.10 Å². The number of halogens is 1. The fourth-order valence-electron chi connectivity index (χ4n) is 2.65. The van der Waals surface area contributed by atoms with Crippen LogP contribution in [-0.4, -0.2) is 29.5 Å². The zero-order chi connectivity index (χ0) is 18.1. The van der Waals surface area contributed by atoms with Crippen LogP contribution in [0.2, 0.25) is 0 Å². The van der Waals surface area contributed by atoms with E-state index in [2.05, 4.69) is 30.4 Å². The lowest BCUT2D eigenvalue weighted by Crippen LogP contribution is -2.11. The molecule has 4 aromatic rings. The predicted octanol–water partition coefficient (Wildman–Crippen LogP) is 3.20. The number of rotatable bonds is 4. The van der Waals surface area contributed by atoms with Gasteiger partial charge in [-0.3, -0.25) is 9.97 Å². The summed E-state index contributed by atoms with van der Waals surface area (Å²) in [5.41, 5.74) is 3.26. The molecule has 26 heavy (non-hydrogen) atoms. The van der Waals surface area contributed by atoms with Crippen molar-refractivity contribution < 1.29 is 4.39 Å². The quantitative estimate of drug-likeness (QED) is 0.609. The van der Waals surface area contributed by atoms with Crippen LogP contribution in [0.5, 0.6) is 0 Å². The molecule has 4 rings (SSSR count). The van der Waals surface area contributed by atoms with E-state index in [0.717, 1.165) is 22.3 Å². The minimum Gasteiger partial charge on any atom is -0.362 e. The number of hydrogen-bond acceptors (Lipinski definition) is 6. The van der Waals surface area contributed by atoms with Gasteiger partial charge < -0.3 is 5.32 Å². The second-order valence-corrected chi connectivity index (χ2v) is 5.96. The molecule has 0 saturated heterocycles. The second-order valence-electron chi connectivity index (χ2n) is 5.96. The Balaban J connectivity index is 1.67. The zero-order valence-corrected chi connectivity index (χ0v) is 14.3. The van der Waals surface area contributed by atoms with Gasteiger partial charge in [0.25, 0.3) is 0 Å². The third-order valence-corrected chi connectivity index (χ3v) is 4.08. The fourth-order valence-corrected chi connectivity index (χ4v) is 2.65. The van der Waals surface area contributed by atoms with Gasteiger partial charge in [-0.05, 0) is 26.0 Å². The van der Waals surface area contributed by atoms with Crippen molar-refractivity contribution in [2.75, 3.05) is 5.32 Å². The molecule has 0 fully saturated rings. The molecule has 0 bridgehead atoms. The summed E-state index contributed by atoms with van der Waals surface area (Å²) < 4.78 is 14.8. The molecule has 0 aliphatic carbocycles. The Kier molecular flexibility index (Phi) is 4.00. The summed E-state index contributed by atoms with van der Waals surface area (Å²) in [5.74, 6) is 0.889. The number of nitrogens with zero attached hydrogens (tertiary/aromatic N) is 6. The summed E-state index contributed by atoms with van der Waals surface area (Å²) in [6.07, 6.45) is 9.85. The molecule has 0 spiro atoms. The summed E-state index contributed by atoms with van der Waals surface area (Å²) in [6, 6.07) is 2.91. The maximum absolute atomic E-state index is 13.1. The largest absolute Gasteiger partial charge is 0.362 e. The number of hydrogen-bond donors (Lipinski definition) is 1. The van der Waals surface area contributed by atoms with Crippen LogP contribution in [0.3, 0.4) is 0 Å². The number of pyridine rings is 1. The van der Waals surface area contributed by atoms with E-state index in [0.29, 0.717) is 11.6 Å². The zero-order valence-electron chi connectivity index (χ0n) is 14.3. The summed E-state index contributed by atoms with van der Waals surface area (Å²) in [5, 5.41) is 7.61. The van der Waals surface area contributed by atoms with E-state index < -0.39 is 0 Å². The van der Waals surface area contributed by atoms with Gasteiger partial charge in [0.15, 0.2) is 5.82 Å². The lowest BCUT2D eigenvalue weighted by molar-refractivity contribution is 0.617. The van der Waals surface area contributed by atoms with Crippen molar-refractivity contribution in [1.82, 2.24) is 29.5 Å². The Morgan fingerprint density at radius 2 is 2.00 bits per heavy atom. The van der Waals surface area contributed by atoms with E-state index >= 15 is 0 Å². The summed E-state index contributed by atoms with van der Waals surface area (Å²) >= 11 is 0. The third-order valence-electron chi connectivity index (χ3n) is 4.08. The first-order chi connectivity index (χ1) is 12.6. The second kappa shape index (κ2) is 6.47. The van der Waals surface area contributed by atoms with Crippen LogP contribution in [-0.2, 0) is 0 Å². The van der Waals surface area contributed by atoms with Crippen molar-refractivity contribution in [3.8, 4) is 11.4 Å². The lowest BCUT2D eigenvalue weighted by Gasteiger charge is -2.16. The van der Waals surface area contributed by atoms with Gasteiger partial charge in [0.1, 0.15) is 11.6 Å². The Morgan fingerprint density at radius 1 is 1.12 bits per heavy atom. The molecule has 0 aliphatic rings. The number of fused-ring (bicyclic) bond motifs is 1. The number of aromatic nitrogens is 6. The van der Waals surface area contributed by atoms with Gasteiger partial charge in [-0.1, -0.05) is 0 Å². The van der Waals surface area contributed by atoms with E-state index in [-0.39, 0.29) is 11.9 Å². The monoisotopic (exact) mass is 349 g/mol. The molecule has 8 heteroatoms. The van der Waals surface area contributed by atoms with E-state index in [1.54, 1.807) is 41.6 Å². The molecule has 4 heterocycles. The normalized spacial score (nSPS) is 12.3. The minimum atomic E-state index is -0.358. The average Bonchev–Trinajstić information content (AvgIpc) is 3.08. The average molecular weight is 349 g/mol. The highest BCUT2D eigenvalue weighted by Crippen LogP contribution is 2.24. The third kappa shape index (κ3) is 2.97. The van der Waals surface area contributed by atoms with Gasteiger partial charge in [0.05, 0.1) is 41.4 Å². The first kappa shape index (κ1) is 16.1. The Labute approximate surface area is 149 Å². The van der Waals surface area contributed by atoms with Gasteiger partial charge in [-0.25, -0.2) is 18.9 Å². The first-order valence-corrected chi connectivity index (χ1v) is 8.11. The van der Waals surface area contributed by atoms with Crippen LogP contribution < -0.4 is 5.32 Å². The fraction of sp³-hybridized carbons (Fsp3) is 0.167. The molecule has 0 unspecified atom stereocenters. The summed E-state index contributed by atoms with van der Waals surface area (Å²) in [7, 11) is 0. The molecule has 4 aromatic heterocycles. The molecule has 7 nitrogen and oxygen atoms in total. The molecular weight excluding hydrogens is 333 g/mol. The Hall–Kier alpha value is -3.42. The predicted molar refractivity (Wildman–Crippen MR) is 95.0 cm³/mol. The van der Waals surface area contributed by atoms with Crippen LogP contribution in [0.25, 0.3) is 16.9 Å². The van der Waals surface area contributed by atoms with Gasteiger partial charge in [-0.15, -0.1) is 0 Å². The maximum atomic E-state index is 13.1. The highest BCUT2D eigenvalue weighted by molar-refractivity contribution is 5.75. The summed E-state index contributed by atoms with van der Waals surface area (Å²) in [6.45, 7) is 3.87. The van der Waals surface area contributed by atoms with E-state index in [1.807, 2.05) is 13.8 Å². The Bertz CT molecular complexity index is 1060. The number of anilines is 1. The maximum Gasteiger partial charge on any atom is 0.165 e. The van der Waals surface area contributed by atoms with E-state index in [4.69, 9.17) is 0 Å². The van der Waals surface area contributed by atoms with Gasteiger partial charge in [0, 0.05) is 24.2 Å². The molecule has 0 aromatic carbocycles. The molecule has 1 N–H and O–H groups in total. The molecule has 0 amide bonds.